The van der Waals surface area contributed by atoms with Crippen molar-refractivity contribution in [1.29, 1.82) is 0 Å². The molecular formula is C12H26S. The number of thioether (sulfide) groups is 1. The van der Waals surface area contributed by atoms with Gasteiger partial charge in [-0.1, -0.05) is 40.5 Å². The molecule has 0 N–H and O–H groups in total. The zero-order valence-corrected chi connectivity index (χ0v) is 10.6. The van der Waals surface area contributed by atoms with Gasteiger partial charge in [0.25, 0.3) is 0 Å². The van der Waals surface area contributed by atoms with Crippen molar-refractivity contribution >= 4 is 11.8 Å². The smallest absolute Gasteiger partial charge is 0.00674 e. The normalized spacial score (nSPS) is 11.5. The van der Waals surface area contributed by atoms with Crippen molar-refractivity contribution < 1.29 is 0 Å². The molecular weight excluding hydrogens is 176 g/mol. The molecule has 0 saturated heterocycles. The van der Waals surface area contributed by atoms with Gasteiger partial charge in [-0.3, -0.25) is 0 Å². The van der Waals surface area contributed by atoms with Crippen LogP contribution < -0.4 is 0 Å². The van der Waals surface area contributed by atoms with Crippen LogP contribution in [0.4, 0.5) is 0 Å². The van der Waals surface area contributed by atoms with E-state index in [0.717, 1.165) is 11.8 Å². The largest absolute Gasteiger partial charge is 0.162 e. The van der Waals surface area contributed by atoms with Crippen LogP contribution in [0, 0.1) is 11.8 Å². The van der Waals surface area contributed by atoms with Crippen LogP contribution in [0.5, 0.6) is 0 Å². The van der Waals surface area contributed by atoms with Gasteiger partial charge in [0, 0.05) is 0 Å². The quantitative estimate of drug-likeness (QED) is 0.519. The van der Waals surface area contributed by atoms with Crippen LogP contribution in [0.15, 0.2) is 0 Å². The van der Waals surface area contributed by atoms with Gasteiger partial charge in [0.15, 0.2) is 0 Å². The second-order valence-corrected chi connectivity index (χ2v) is 5.91. The Bertz CT molecular complexity index is 85.3. The van der Waals surface area contributed by atoms with Gasteiger partial charge in [-0.05, 0) is 36.2 Å². The zero-order chi connectivity index (χ0) is 10.1. The van der Waals surface area contributed by atoms with Gasteiger partial charge in [0.1, 0.15) is 0 Å². The number of rotatable bonds is 8. The first-order valence-electron chi connectivity index (χ1n) is 5.70. The van der Waals surface area contributed by atoms with Crippen molar-refractivity contribution in [3.63, 3.8) is 0 Å². The highest BCUT2D eigenvalue weighted by molar-refractivity contribution is 7.99. The minimum atomic E-state index is 0.885. The van der Waals surface area contributed by atoms with Gasteiger partial charge >= 0.3 is 0 Å². The first-order valence-corrected chi connectivity index (χ1v) is 6.86. The lowest BCUT2D eigenvalue weighted by atomic mass is 10.1. The van der Waals surface area contributed by atoms with Gasteiger partial charge in [-0.2, -0.15) is 11.8 Å². The summed E-state index contributed by atoms with van der Waals surface area (Å²) in [6, 6.07) is 0. The summed E-state index contributed by atoms with van der Waals surface area (Å²) in [6.07, 6.45) is 5.61. The molecule has 0 unspecified atom stereocenters. The van der Waals surface area contributed by atoms with Crippen LogP contribution in [0.25, 0.3) is 0 Å². The van der Waals surface area contributed by atoms with Crippen molar-refractivity contribution in [3.05, 3.63) is 0 Å². The van der Waals surface area contributed by atoms with Crippen LogP contribution in [0.2, 0.25) is 0 Å². The molecule has 0 aromatic heterocycles. The molecule has 0 rings (SSSR count). The summed E-state index contributed by atoms with van der Waals surface area (Å²) in [5.41, 5.74) is 0. The Hall–Kier alpha value is 0.350. The van der Waals surface area contributed by atoms with Gasteiger partial charge < -0.3 is 0 Å². The third kappa shape index (κ3) is 12.4. The van der Waals surface area contributed by atoms with Crippen LogP contribution >= 0.6 is 11.8 Å². The standard InChI is InChI=1S/C12H26S/c1-11(2)7-5-9-13-10-6-8-12(3)4/h11-12H,5-10H2,1-4H3. The average molecular weight is 202 g/mol. The van der Waals surface area contributed by atoms with Gasteiger partial charge in [-0.15, -0.1) is 0 Å². The summed E-state index contributed by atoms with van der Waals surface area (Å²) < 4.78 is 0. The molecule has 0 spiro atoms. The van der Waals surface area contributed by atoms with E-state index in [2.05, 4.69) is 39.5 Å². The van der Waals surface area contributed by atoms with Crippen LogP contribution in [0.1, 0.15) is 53.4 Å². The predicted octanol–water partition coefficient (Wildman–Crippen LogP) is 4.59. The Balaban J connectivity index is 2.92. The van der Waals surface area contributed by atoms with Gasteiger partial charge in [0.05, 0.1) is 0 Å². The second-order valence-electron chi connectivity index (χ2n) is 4.68. The molecule has 13 heavy (non-hydrogen) atoms. The van der Waals surface area contributed by atoms with E-state index in [4.69, 9.17) is 0 Å². The molecule has 0 heterocycles. The van der Waals surface area contributed by atoms with Crippen LogP contribution in [-0.2, 0) is 0 Å². The Labute approximate surface area is 88.9 Å². The van der Waals surface area contributed by atoms with E-state index < -0.39 is 0 Å². The summed E-state index contributed by atoms with van der Waals surface area (Å²) in [4.78, 5) is 0. The van der Waals surface area contributed by atoms with Gasteiger partial charge in [0.2, 0.25) is 0 Å². The van der Waals surface area contributed by atoms with E-state index in [9.17, 15) is 0 Å². The molecule has 1 heteroatoms. The van der Waals surface area contributed by atoms with E-state index in [1.165, 1.54) is 37.2 Å². The van der Waals surface area contributed by atoms with Crippen LogP contribution in [-0.4, -0.2) is 11.5 Å². The van der Waals surface area contributed by atoms with E-state index in [0.29, 0.717) is 0 Å². The summed E-state index contributed by atoms with van der Waals surface area (Å²) in [6.45, 7) is 9.24. The van der Waals surface area contributed by atoms with E-state index in [1.807, 2.05) is 0 Å². The van der Waals surface area contributed by atoms with Crippen molar-refractivity contribution in [2.75, 3.05) is 11.5 Å². The Morgan fingerprint density at radius 2 is 1.15 bits per heavy atom. The second kappa shape index (κ2) is 8.93. The molecule has 0 amide bonds. The number of hydrogen-bond acceptors (Lipinski definition) is 1. The summed E-state index contributed by atoms with van der Waals surface area (Å²) >= 11 is 2.14. The molecule has 80 valence electrons. The zero-order valence-electron chi connectivity index (χ0n) is 9.81. The molecule has 0 atom stereocenters. The molecule has 0 nitrogen and oxygen atoms in total. The van der Waals surface area contributed by atoms with Crippen molar-refractivity contribution in [3.8, 4) is 0 Å². The van der Waals surface area contributed by atoms with Crippen molar-refractivity contribution in [2.24, 2.45) is 11.8 Å². The monoisotopic (exact) mass is 202 g/mol. The third-order valence-electron chi connectivity index (χ3n) is 2.14. The summed E-state index contributed by atoms with van der Waals surface area (Å²) in [5, 5.41) is 0. The van der Waals surface area contributed by atoms with Crippen LogP contribution in [0.3, 0.4) is 0 Å². The molecule has 0 bridgehead atoms. The predicted molar refractivity (Wildman–Crippen MR) is 65.5 cm³/mol. The molecule has 0 aliphatic carbocycles. The molecule has 0 aromatic carbocycles. The topological polar surface area (TPSA) is 0 Å². The fourth-order valence-corrected chi connectivity index (χ4v) is 2.24. The molecule has 0 saturated carbocycles. The molecule has 0 aliphatic rings. The van der Waals surface area contributed by atoms with Crippen molar-refractivity contribution in [2.45, 2.75) is 53.4 Å². The average Bonchev–Trinajstić information content (AvgIpc) is 2.01. The first kappa shape index (κ1) is 13.4. The third-order valence-corrected chi connectivity index (χ3v) is 3.29. The highest BCUT2D eigenvalue weighted by Crippen LogP contribution is 2.13. The van der Waals surface area contributed by atoms with Gasteiger partial charge in [-0.25, -0.2) is 0 Å². The maximum absolute atomic E-state index is 2.31. The number of hydrogen-bond donors (Lipinski definition) is 0. The fourth-order valence-electron chi connectivity index (χ4n) is 1.29. The first-order chi connectivity index (χ1) is 6.13. The molecule has 0 aromatic rings. The molecule has 0 radical (unpaired) electrons. The highest BCUT2D eigenvalue weighted by Gasteiger charge is 1.96. The Morgan fingerprint density at radius 1 is 0.769 bits per heavy atom. The molecule has 0 aliphatic heterocycles. The maximum atomic E-state index is 2.31. The highest BCUT2D eigenvalue weighted by atomic mass is 32.2. The lowest BCUT2D eigenvalue weighted by Gasteiger charge is -2.05. The van der Waals surface area contributed by atoms with E-state index in [-0.39, 0.29) is 0 Å². The van der Waals surface area contributed by atoms with Crippen molar-refractivity contribution in [1.82, 2.24) is 0 Å². The lowest BCUT2D eigenvalue weighted by molar-refractivity contribution is 0.575. The van der Waals surface area contributed by atoms with E-state index in [1.54, 1.807) is 0 Å². The Kier molecular flexibility index (Phi) is 9.17. The Morgan fingerprint density at radius 3 is 1.46 bits per heavy atom. The maximum Gasteiger partial charge on any atom is -0.00674 e. The minimum absolute atomic E-state index is 0.885. The SMILES string of the molecule is CC(C)CCCSCCCC(C)C. The molecule has 0 fully saturated rings. The van der Waals surface area contributed by atoms with E-state index >= 15 is 0 Å². The lowest BCUT2D eigenvalue weighted by Crippen LogP contribution is -1.92. The summed E-state index contributed by atoms with van der Waals surface area (Å²) in [7, 11) is 0. The minimum Gasteiger partial charge on any atom is -0.162 e. The summed E-state index contributed by atoms with van der Waals surface area (Å²) in [5.74, 6) is 4.51. The fraction of sp³-hybridized carbons (Fsp3) is 1.00.